The summed E-state index contributed by atoms with van der Waals surface area (Å²) < 4.78 is 32.4. The van der Waals surface area contributed by atoms with Crippen LogP contribution in [0.1, 0.15) is 32.1 Å². The Morgan fingerprint density at radius 3 is 2.69 bits per heavy atom. The van der Waals surface area contributed by atoms with Crippen LogP contribution in [0.25, 0.3) is 0 Å². The lowest BCUT2D eigenvalue weighted by molar-refractivity contribution is 0.0731. The molecule has 1 fully saturated rings. The number of morpholine rings is 1. The lowest BCUT2D eigenvalue weighted by Gasteiger charge is -2.25. The first-order valence-electron chi connectivity index (χ1n) is 9.12. The van der Waals surface area contributed by atoms with E-state index >= 15 is 0 Å². The van der Waals surface area contributed by atoms with Gasteiger partial charge in [0.05, 0.1) is 19.8 Å². The van der Waals surface area contributed by atoms with Crippen molar-refractivity contribution in [3.63, 3.8) is 0 Å². The number of nitrogens with zero attached hydrogens (tertiary/aromatic N) is 2. The third-order valence-corrected chi connectivity index (χ3v) is 7.39. The molecule has 1 aromatic heterocycles. The molecule has 0 spiro atoms. The second-order valence-corrected chi connectivity index (χ2v) is 9.87. The minimum Gasteiger partial charge on any atom is -0.379 e. The Kier molecular flexibility index (Phi) is 8.33. The smallest absolute Gasteiger partial charge is 0.252 e. The van der Waals surface area contributed by atoms with Crippen LogP contribution in [0.15, 0.2) is 21.3 Å². The fourth-order valence-electron chi connectivity index (χ4n) is 2.47. The maximum atomic E-state index is 12.7. The zero-order valence-corrected chi connectivity index (χ0v) is 17.5. The van der Waals surface area contributed by atoms with Crippen LogP contribution >= 0.6 is 11.3 Å². The molecule has 2 rings (SSSR count). The van der Waals surface area contributed by atoms with Gasteiger partial charge in [-0.1, -0.05) is 13.8 Å². The van der Waals surface area contributed by atoms with Crippen LogP contribution in [0.3, 0.4) is 0 Å². The quantitative estimate of drug-likeness (QED) is 0.512. The number of guanidine groups is 1. The Labute approximate surface area is 160 Å². The number of ether oxygens (including phenoxy) is 1. The van der Waals surface area contributed by atoms with Gasteiger partial charge in [0.25, 0.3) is 10.0 Å². The molecule has 0 atom stereocenters. The fourth-order valence-corrected chi connectivity index (χ4v) is 5.32. The minimum absolute atomic E-state index is 0.377. The molecule has 0 bridgehead atoms. The molecule has 0 aliphatic carbocycles. The lowest BCUT2D eigenvalue weighted by Crippen LogP contribution is -2.40. The molecule has 2 heterocycles. The predicted octanol–water partition coefficient (Wildman–Crippen LogP) is 1.87. The van der Waals surface area contributed by atoms with E-state index < -0.39 is 10.0 Å². The second-order valence-electron chi connectivity index (χ2n) is 6.54. The van der Waals surface area contributed by atoms with Gasteiger partial charge in [0.2, 0.25) is 0 Å². The Bertz CT molecular complexity index is 680. The number of nitrogens with one attached hydrogen (secondary N) is 2. The molecular weight excluding hydrogens is 372 g/mol. The maximum absolute atomic E-state index is 12.7. The molecule has 1 aromatic rings. The summed E-state index contributed by atoms with van der Waals surface area (Å²) >= 11 is 1.29. The van der Waals surface area contributed by atoms with Gasteiger partial charge < -0.3 is 15.4 Å². The third kappa shape index (κ3) is 6.22. The van der Waals surface area contributed by atoms with Gasteiger partial charge in [0, 0.05) is 31.1 Å². The topological polar surface area (TPSA) is 83.0 Å². The van der Waals surface area contributed by atoms with Crippen molar-refractivity contribution in [1.29, 1.82) is 0 Å². The summed E-state index contributed by atoms with van der Waals surface area (Å²) in [5, 5.41) is 6.53. The number of thiophene rings is 1. The van der Waals surface area contributed by atoms with Crippen LogP contribution < -0.4 is 10.6 Å². The van der Waals surface area contributed by atoms with Gasteiger partial charge in [-0.2, -0.15) is 4.31 Å². The summed E-state index contributed by atoms with van der Waals surface area (Å²) in [5.41, 5.74) is 0. The van der Waals surface area contributed by atoms with Crippen molar-refractivity contribution >= 4 is 27.3 Å². The van der Waals surface area contributed by atoms with Gasteiger partial charge in [-0.15, -0.1) is 11.3 Å². The molecule has 7 nitrogen and oxygen atoms in total. The normalized spacial score (nSPS) is 16.8. The third-order valence-electron chi connectivity index (χ3n) is 3.95. The first-order chi connectivity index (χ1) is 12.4. The van der Waals surface area contributed by atoms with Crippen LogP contribution in [-0.2, 0) is 21.3 Å². The average molecular weight is 403 g/mol. The van der Waals surface area contributed by atoms with Gasteiger partial charge in [0.15, 0.2) is 5.96 Å². The first kappa shape index (κ1) is 21.1. The van der Waals surface area contributed by atoms with Crippen LogP contribution in [0.4, 0.5) is 0 Å². The molecule has 0 saturated carbocycles. The highest BCUT2D eigenvalue weighted by molar-refractivity contribution is 7.91. The zero-order valence-electron chi connectivity index (χ0n) is 15.8. The van der Waals surface area contributed by atoms with Crippen LogP contribution in [-0.4, -0.2) is 58.1 Å². The number of sulfonamides is 1. The van der Waals surface area contributed by atoms with Crippen LogP contribution in [0.2, 0.25) is 0 Å². The van der Waals surface area contributed by atoms with Crippen molar-refractivity contribution in [1.82, 2.24) is 14.9 Å². The van der Waals surface area contributed by atoms with E-state index in [2.05, 4.69) is 29.5 Å². The number of hydrogen-bond acceptors (Lipinski definition) is 5. The highest BCUT2D eigenvalue weighted by atomic mass is 32.2. The number of rotatable bonds is 8. The van der Waals surface area contributed by atoms with Crippen molar-refractivity contribution < 1.29 is 13.2 Å². The van der Waals surface area contributed by atoms with Gasteiger partial charge >= 0.3 is 0 Å². The monoisotopic (exact) mass is 402 g/mol. The maximum Gasteiger partial charge on any atom is 0.252 e. The van der Waals surface area contributed by atoms with E-state index in [1.54, 1.807) is 6.07 Å². The largest absolute Gasteiger partial charge is 0.379 e. The summed E-state index contributed by atoms with van der Waals surface area (Å²) in [5.74, 6) is 1.40. The Morgan fingerprint density at radius 1 is 1.31 bits per heavy atom. The summed E-state index contributed by atoms with van der Waals surface area (Å²) in [6.45, 7) is 10.3. The highest BCUT2D eigenvalue weighted by Crippen LogP contribution is 2.26. The molecule has 2 N–H and O–H groups in total. The summed E-state index contributed by atoms with van der Waals surface area (Å²) in [7, 11) is -3.42. The predicted molar refractivity (Wildman–Crippen MR) is 106 cm³/mol. The van der Waals surface area contributed by atoms with Crippen molar-refractivity contribution in [2.24, 2.45) is 10.9 Å². The molecule has 148 valence electrons. The molecule has 1 aliphatic heterocycles. The van der Waals surface area contributed by atoms with Crippen molar-refractivity contribution in [3.05, 3.63) is 17.0 Å². The Morgan fingerprint density at radius 2 is 2.04 bits per heavy atom. The van der Waals surface area contributed by atoms with Crippen molar-refractivity contribution in [2.75, 3.05) is 39.4 Å². The number of hydrogen-bond donors (Lipinski definition) is 2. The Hall–Kier alpha value is -1.16. The molecule has 9 heteroatoms. The van der Waals surface area contributed by atoms with Crippen LogP contribution in [0, 0.1) is 5.92 Å². The van der Waals surface area contributed by atoms with E-state index in [0.717, 1.165) is 30.3 Å². The molecular formula is C17H30N4O3S2. The first-order valence-corrected chi connectivity index (χ1v) is 11.4. The lowest BCUT2D eigenvalue weighted by atomic mass is 10.1. The summed E-state index contributed by atoms with van der Waals surface area (Å²) in [6, 6.07) is 3.53. The van der Waals surface area contributed by atoms with E-state index in [-0.39, 0.29) is 0 Å². The van der Waals surface area contributed by atoms with Gasteiger partial charge in [0.1, 0.15) is 4.21 Å². The molecule has 1 saturated heterocycles. The van der Waals surface area contributed by atoms with E-state index in [4.69, 9.17) is 4.74 Å². The Balaban J connectivity index is 1.99. The van der Waals surface area contributed by atoms with Crippen LogP contribution in [0.5, 0.6) is 0 Å². The van der Waals surface area contributed by atoms with E-state index in [1.165, 1.54) is 15.6 Å². The number of aliphatic imine (C=N–C) groups is 1. The summed E-state index contributed by atoms with van der Waals surface area (Å²) in [4.78, 5) is 5.49. The molecule has 26 heavy (non-hydrogen) atoms. The van der Waals surface area contributed by atoms with Gasteiger partial charge in [-0.25, -0.2) is 13.4 Å². The van der Waals surface area contributed by atoms with Gasteiger partial charge in [-0.05, 0) is 31.4 Å². The standard InChI is InChI=1S/C17H30N4O3S2/c1-4-18-17(19-8-7-14(2)3)20-13-15-5-6-16(25-15)26(22,23)21-9-11-24-12-10-21/h5-6,14H,4,7-13H2,1-3H3,(H2,18,19,20). The fraction of sp³-hybridized carbons (Fsp3) is 0.706. The van der Waals surface area contributed by atoms with Gasteiger partial charge in [-0.3, -0.25) is 0 Å². The minimum atomic E-state index is -3.42. The SMILES string of the molecule is CCNC(=NCc1ccc(S(=O)(=O)N2CCOCC2)s1)NCCC(C)C. The van der Waals surface area contributed by atoms with Crippen molar-refractivity contribution in [2.45, 2.75) is 37.9 Å². The molecule has 0 aromatic carbocycles. The highest BCUT2D eigenvalue weighted by Gasteiger charge is 2.27. The zero-order chi connectivity index (χ0) is 19.0. The average Bonchev–Trinajstić information content (AvgIpc) is 3.10. The van der Waals surface area contributed by atoms with Crippen molar-refractivity contribution in [3.8, 4) is 0 Å². The van der Waals surface area contributed by atoms with E-state index in [9.17, 15) is 8.42 Å². The molecule has 0 radical (unpaired) electrons. The molecule has 0 unspecified atom stereocenters. The van der Waals surface area contributed by atoms with E-state index in [1.807, 2.05) is 13.0 Å². The second kappa shape index (κ2) is 10.2. The molecule has 0 amide bonds. The van der Waals surface area contributed by atoms with E-state index in [0.29, 0.717) is 43.0 Å². The summed E-state index contributed by atoms with van der Waals surface area (Å²) in [6.07, 6.45) is 1.07. The molecule has 1 aliphatic rings.